The van der Waals surface area contributed by atoms with Crippen LogP contribution in [0.15, 0.2) is 85.3 Å². The number of hydrogen-bond donors (Lipinski definition) is 0. The van der Waals surface area contributed by atoms with Gasteiger partial charge in [0.2, 0.25) is 5.91 Å². The third kappa shape index (κ3) is 4.18. The summed E-state index contributed by atoms with van der Waals surface area (Å²) in [5.74, 6) is -0.0941. The van der Waals surface area contributed by atoms with Gasteiger partial charge in [0, 0.05) is 31.7 Å². The highest BCUT2D eigenvalue weighted by atomic mass is 16.2. The van der Waals surface area contributed by atoms with Gasteiger partial charge >= 0.3 is 0 Å². The molecule has 2 heterocycles. The maximum atomic E-state index is 12.7. The van der Waals surface area contributed by atoms with E-state index in [0.29, 0.717) is 0 Å². The van der Waals surface area contributed by atoms with E-state index >= 15 is 0 Å². The Kier molecular flexibility index (Phi) is 5.32. The molecule has 1 aromatic carbocycles. The fourth-order valence-electron chi connectivity index (χ4n) is 2.65. The van der Waals surface area contributed by atoms with Crippen LogP contribution in [0.1, 0.15) is 22.9 Å². The minimum absolute atomic E-state index is 0.0941. The third-order valence-corrected chi connectivity index (χ3v) is 3.92. The first-order chi connectivity index (χ1) is 12.3. The quantitative estimate of drug-likeness (QED) is 0.670. The average Bonchev–Trinajstić information content (AvgIpc) is 2.69. The fourth-order valence-corrected chi connectivity index (χ4v) is 2.65. The van der Waals surface area contributed by atoms with Gasteiger partial charge in [-0.15, -0.1) is 0 Å². The van der Waals surface area contributed by atoms with Crippen molar-refractivity contribution in [1.82, 2.24) is 14.9 Å². The first kappa shape index (κ1) is 16.6. The molecule has 1 atom stereocenters. The molecular formula is C21H19N3O. The maximum Gasteiger partial charge on any atom is 0.247 e. The molecule has 0 aliphatic carbocycles. The molecule has 0 saturated heterocycles. The zero-order valence-electron chi connectivity index (χ0n) is 14.0. The third-order valence-electron chi connectivity index (χ3n) is 3.92. The van der Waals surface area contributed by atoms with Gasteiger partial charge in [-0.25, -0.2) is 0 Å². The number of pyridine rings is 2. The van der Waals surface area contributed by atoms with Gasteiger partial charge in [0.15, 0.2) is 0 Å². The molecule has 0 aliphatic rings. The predicted octanol–water partition coefficient (Wildman–Crippen LogP) is 3.74. The lowest BCUT2D eigenvalue weighted by atomic mass is 10.0. The van der Waals surface area contributed by atoms with E-state index in [-0.39, 0.29) is 11.9 Å². The Bertz CT molecular complexity index is 793. The van der Waals surface area contributed by atoms with Crippen molar-refractivity contribution in [2.75, 3.05) is 7.05 Å². The number of amides is 1. The Morgan fingerprint density at radius 1 is 1.00 bits per heavy atom. The van der Waals surface area contributed by atoms with Crippen LogP contribution < -0.4 is 0 Å². The Morgan fingerprint density at radius 3 is 2.48 bits per heavy atom. The van der Waals surface area contributed by atoms with Crippen molar-refractivity contribution in [3.05, 3.63) is 102 Å². The molecule has 25 heavy (non-hydrogen) atoms. The van der Waals surface area contributed by atoms with Gasteiger partial charge in [0.25, 0.3) is 0 Å². The molecule has 0 bridgehead atoms. The molecule has 0 saturated carbocycles. The molecule has 0 N–H and O–H groups in total. The van der Waals surface area contributed by atoms with Crippen molar-refractivity contribution in [2.24, 2.45) is 0 Å². The van der Waals surface area contributed by atoms with E-state index in [9.17, 15) is 4.79 Å². The van der Waals surface area contributed by atoms with E-state index in [1.807, 2.05) is 60.7 Å². The summed E-state index contributed by atoms with van der Waals surface area (Å²) in [6, 6.07) is 19.2. The number of hydrogen-bond acceptors (Lipinski definition) is 3. The molecule has 3 rings (SSSR count). The summed E-state index contributed by atoms with van der Waals surface area (Å²) in [7, 11) is 1.79. The van der Waals surface area contributed by atoms with Gasteiger partial charge in [0.05, 0.1) is 11.7 Å². The highest BCUT2D eigenvalue weighted by Gasteiger charge is 2.23. The van der Waals surface area contributed by atoms with Gasteiger partial charge in [-0.3, -0.25) is 14.8 Å². The number of nitrogens with zero attached hydrogens (tertiary/aromatic N) is 3. The molecule has 124 valence electrons. The smallest absolute Gasteiger partial charge is 0.247 e. The van der Waals surface area contributed by atoms with Crippen molar-refractivity contribution in [2.45, 2.75) is 6.04 Å². The zero-order valence-corrected chi connectivity index (χ0v) is 14.0. The molecule has 0 unspecified atom stereocenters. The summed E-state index contributed by atoms with van der Waals surface area (Å²) in [6.45, 7) is 0. The highest BCUT2D eigenvalue weighted by molar-refractivity contribution is 5.92. The van der Waals surface area contributed by atoms with Crippen LogP contribution in [0.4, 0.5) is 0 Å². The molecule has 0 aliphatic heterocycles. The Morgan fingerprint density at radius 2 is 1.80 bits per heavy atom. The van der Waals surface area contributed by atoms with Crippen LogP contribution in [0.3, 0.4) is 0 Å². The second-order valence-electron chi connectivity index (χ2n) is 5.64. The number of aromatic nitrogens is 2. The Hall–Kier alpha value is -3.27. The highest BCUT2D eigenvalue weighted by Crippen LogP contribution is 2.26. The second-order valence-corrected chi connectivity index (χ2v) is 5.64. The SMILES string of the molecule is CN(C(=O)/C=C/c1cccnc1)[C@@H](c1ccccc1)c1ccccn1. The normalized spacial score (nSPS) is 12.0. The second kappa shape index (κ2) is 8.02. The largest absolute Gasteiger partial charge is 0.329 e. The van der Waals surface area contributed by atoms with Crippen molar-refractivity contribution in [1.29, 1.82) is 0 Å². The molecule has 2 aromatic heterocycles. The minimum atomic E-state index is -0.242. The molecule has 0 radical (unpaired) electrons. The van der Waals surface area contributed by atoms with Crippen molar-refractivity contribution in [3.8, 4) is 0 Å². The van der Waals surface area contributed by atoms with Crippen molar-refractivity contribution in [3.63, 3.8) is 0 Å². The topological polar surface area (TPSA) is 46.1 Å². The number of likely N-dealkylation sites (N-methyl/N-ethyl adjacent to an activating group) is 1. The van der Waals surface area contributed by atoms with Gasteiger partial charge in [-0.1, -0.05) is 42.5 Å². The first-order valence-electron chi connectivity index (χ1n) is 8.06. The monoisotopic (exact) mass is 329 g/mol. The van der Waals surface area contributed by atoms with Crippen LogP contribution in [0.25, 0.3) is 6.08 Å². The lowest BCUT2D eigenvalue weighted by Crippen LogP contribution is -2.31. The molecule has 0 spiro atoms. The number of rotatable bonds is 5. The van der Waals surface area contributed by atoms with Gasteiger partial charge in [-0.2, -0.15) is 0 Å². The van der Waals surface area contributed by atoms with Crippen LogP contribution in [0, 0.1) is 0 Å². The van der Waals surface area contributed by atoms with Crippen LogP contribution in [-0.2, 0) is 4.79 Å². The summed E-state index contributed by atoms with van der Waals surface area (Å²) in [5.41, 5.74) is 2.74. The standard InChI is InChI=1S/C21H19N3O/c1-24(20(25)13-12-17-8-7-14-22-16-17)21(18-9-3-2-4-10-18)19-11-5-6-15-23-19/h2-16,21H,1H3/b13-12+/t21-/m0/s1. The summed E-state index contributed by atoms with van der Waals surface area (Å²) in [4.78, 5) is 22.9. The molecule has 3 aromatic rings. The summed E-state index contributed by atoms with van der Waals surface area (Å²) < 4.78 is 0. The van der Waals surface area contributed by atoms with Crippen molar-refractivity contribution < 1.29 is 4.79 Å². The Labute approximate surface area is 147 Å². The van der Waals surface area contributed by atoms with E-state index in [0.717, 1.165) is 16.8 Å². The summed E-state index contributed by atoms with van der Waals surface area (Å²) >= 11 is 0. The number of carbonyl (C=O) groups is 1. The lowest BCUT2D eigenvalue weighted by molar-refractivity contribution is -0.126. The first-order valence-corrected chi connectivity index (χ1v) is 8.06. The minimum Gasteiger partial charge on any atom is -0.329 e. The van der Waals surface area contributed by atoms with Crippen LogP contribution in [0.2, 0.25) is 0 Å². The molecule has 1 amide bonds. The van der Waals surface area contributed by atoms with Gasteiger partial charge < -0.3 is 4.90 Å². The van der Waals surface area contributed by atoms with Crippen LogP contribution in [-0.4, -0.2) is 27.8 Å². The fraction of sp³-hybridized carbons (Fsp3) is 0.0952. The number of carbonyl (C=O) groups excluding carboxylic acids is 1. The van der Waals surface area contributed by atoms with E-state index in [4.69, 9.17) is 0 Å². The van der Waals surface area contributed by atoms with Crippen LogP contribution in [0.5, 0.6) is 0 Å². The van der Waals surface area contributed by atoms with Crippen LogP contribution >= 0.6 is 0 Å². The van der Waals surface area contributed by atoms with Gasteiger partial charge in [0.1, 0.15) is 0 Å². The van der Waals surface area contributed by atoms with E-state index in [2.05, 4.69) is 9.97 Å². The summed E-state index contributed by atoms with van der Waals surface area (Å²) in [6.07, 6.45) is 8.51. The average molecular weight is 329 g/mol. The molecule has 4 nitrogen and oxygen atoms in total. The number of benzene rings is 1. The lowest BCUT2D eigenvalue weighted by Gasteiger charge is -2.27. The zero-order chi connectivity index (χ0) is 17.5. The molecule has 0 fully saturated rings. The van der Waals surface area contributed by atoms with Crippen molar-refractivity contribution >= 4 is 12.0 Å². The predicted molar refractivity (Wildman–Crippen MR) is 98.6 cm³/mol. The maximum absolute atomic E-state index is 12.7. The van der Waals surface area contributed by atoms with E-state index < -0.39 is 0 Å². The Balaban J connectivity index is 1.88. The van der Waals surface area contributed by atoms with Gasteiger partial charge in [-0.05, 0) is 35.4 Å². The van der Waals surface area contributed by atoms with E-state index in [1.165, 1.54) is 0 Å². The molecule has 4 heteroatoms. The summed E-state index contributed by atoms with van der Waals surface area (Å²) in [5, 5.41) is 0. The molecular weight excluding hydrogens is 310 g/mol. The van der Waals surface area contributed by atoms with E-state index in [1.54, 1.807) is 42.7 Å².